The lowest BCUT2D eigenvalue weighted by Gasteiger charge is -2.22. The molecule has 19 heavy (non-hydrogen) atoms. The number of rotatable bonds is 5. The van der Waals surface area contributed by atoms with Gasteiger partial charge >= 0.3 is 0 Å². The van der Waals surface area contributed by atoms with E-state index in [1.54, 1.807) is 12.3 Å². The predicted molar refractivity (Wildman–Crippen MR) is 80.8 cm³/mol. The highest BCUT2D eigenvalue weighted by Crippen LogP contribution is 2.17. The van der Waals surface area contributed by atoms with Crippen LogP contribution in [0.2, 0.25) is 0 Å². The lowest BCUT2D eigenvalue weighted by atomic mass is 10.1. The summed E-state index contributed by atoms with van der Waals surface area (Å²) in [6, 6.07) is 3.92. The maximum absolute atomic E-state index is 12.2. The fourth-order valence-electron chi connectivity index (χ4n) is 2.03. The van der Waals surface area contributed by atoms with Crippen LogP contribution in [0, 0.1) is 0 Å². The number of amides is 1. The third-order valence-corrected chi connectivity index (χ3v) is 4.18. The molecule has 1 aliphatic heterocycles. The molecule has 0 spiro atoms. The number of thioether (sulfide) groups is 1. The van der Waals surface area contributed by atoms with E-state index < -0.39 is 0 Å². The Morgan fingerprint density at radius 3 is 3.00 bits per heavy atom. The molecule has 0 saturated carbocycles. The summed E-state index contributed by atoms with van der Waals surface area (Å²) < 4.78 is 0. The van der Waals surface area contributed by atoms with Crippen LogP contribution in [0.5, 0.6) is 0 Å². The molecule has 2 N–H and O–H groups in total. The summed E-state index contributed by atoms with van der Waals surface area (Å²) in [4.78, 5) is 16.4. The molecule has 1 aromatic heterocycles. The van der Waals surface area contributed by atoms with Crippen LogP contribution in [0.4, 0.5) is 5.82 Å². The van der Waals surface area contributed by atoms with E-state index >= 15 is 0 Å². The molecule has 0 bridgehead atoms. The molecule has 1 fully saturated rings. The Morgan fingerprint density at radius 2 is 2.26 bits per heavy atom. The van der Waals surface area contributed by atoms with Crippen LogP contribution in [0.15, 0.2) is 18.3 Å². The number of nitrogens with one attached hydrogen (secondary N) is 2. The monoisotopic (exact) mass is 279 g/mol. The van der Waals surface area contributed by atoms with E-state index in [4.69, 9.17) is 0 Å². The van der Waals surface area contributed by atoms with Crippen LogP contribution < -0.4 is 10.6 Å². The molecule has 104 valence electrons. The van der Waals surface area contributed by atoms with Crippen LogP contribution in [-0.4, -0.2) is 35.0 Å². The predicted octanol–water partition coefficient (Wildman–Crippen LogP) is 2.53. The average Bonchev–Trinajstić information content (AvgIpc) is 2.46. The molecular formula is C14H21N3OS. The number of hydrogen-bond donors (Lipinski definition) is 2. The first-order valence-corrected chi connectivity index (χ1v) is 8.03. The minimum atomic E-state index is 0.0128. The van der Waals surface area contributed by atoms with Crippen LogP contribution in [0.1, 0.15) is 36.5 Å². The van der Waals surface area contributed by atoms with Crippen LogP contribution in [-0.2, 0) is 0 Å². The van der Waals surface area contributed by atoms with E-state index in [-0.39, 0.29) is 5.91 Å². The van der Waals surface area contributed by atoms with Crippen molar-refractivity contribution >= 4 is 23.5 Å². The van der Waals surface area contributed by atoms with E-state index in [0.29, 0.717) is 11.6 Å². The number of aromatic nitrogens is 1. The van der Waals surface area contributed by atoms with E-state index in [2.05, 4.69) is 22.5 Å². The van der Waals surface area contributed by atoms with Crippen molar-refractivity contribution in [2.75, 3.05) is 23.4 Å². The Bertz CT molecular complexity index is 419. The zero-order chi connectivity index (χ0) is 13.5. The number of hydrogen-bond acceptors (Lipinski definition) is 4. The van der Waals surface area contributed by atoms with Gasteiger partial charge in [0.05, 0.1) is 0 Å². The minimum absolute atomic E-state index is 0.0128. The number of nitrogens with zero attached hydrogens (tertiary/aromatic N) is 1. The molecule has 1 saturated heterocycles. The molecule has 1 amide bonds. The maximum atomic E-state index is 12.2. The molecule has 0 unspecified atom stereocenters. The SMILES string of the molecule is CCCNc1cc(C(=O)NC2CCSCC2)ccn1. The summed E-state index contributed by atoms with van der Waals surface area (Å²) in [5.74, 6) is 3.07. The number of carbonyl (C=O) groups is 1. The lowest BCUT2D eigenvalue weighted by molar-refractivity contribution is 0.0935. The summed E-state index contributed by atoms with van der Waals surface area (Å²) in [5.41, 5.74) is 0.687. The second kappa shape index (κ2) is 7.38. The van der Waals surface area contributed by atoms with Gasteiger partial charge in [-0.2, -0.15) is 11.8 Å². The van der Waals surface area contributed by atoms with E-state index in [1.807, 2.05) is 17.8 Å². The van der Waals surface area contributed by atoms with Gasteiger partial charge in [-0.15, -0.1) is 0 Å². The van der Waals surface area contributed by atoms with Gasteiger partial charge in [0.1, 0.15) is 5.82 Å². The Labute approximate surface area is 118 Å². The molecule has 4 nitrogen and oxygen atoms in total. The zero-order valence-electron chi connectivity index (χ0n) is 11.3. The van der Waals surface area contributed by atoms with Crippen molar-refractivity contribution in [3.05, 3.63) is 23.9 Å². The summed E-state index contributed by atoms with van der Waals surface area (Å²) in [6.07, 6.45) is 4.87. The third kappa shape index (κ3) is 4.42. The van der Waals surface area contributed by atoms with Crippen molar-refractivity contribution in [3.63, 3.8) is 0 Å². The highest BCUT2D eigenvalue weighted by atomic mass is 32.2. The molecule has 2 heterocycles. The fraction of sp³-hybridized carbons (Fsp3) is 0.571. The number of pyridine rings is 1. The van der Waals surface area contributed by atoms with E-state index in [9.17, 15) is 4.79 Å². The Morgan fingerprint density at radius 1 is 1.47 bits per heavy atom. The number of anilines is 1. The smallest absolute Gasteiger partial charge is 0.251 e. The van der Waals surface area contributed by atoms with Crippen LogP contribution in [0.3, 0.4) is 0 Å². The van der Waals surface area contributed by atoms with E-state index in [1.165, 1.54) is 0 Å². The lowest BCUT2D eigenvalue weighted by Crippen LogP contribution is -2.37. The minimum Gasteiger partial charge on any atom is -0.370 e. The zero-order valence-corrected chi connectivity index (χ0v) is 12.1. The van der Waals surface area contributed by atoms with Gasteiger partial charge in [0.2, 0.25) is 0 Å². The molecule has 0 atom stereocenters. The first kappa shape index (κ1) is 14.2. The van der Waals surface area contributed by atoms with Crippen LogP contribution in [0.25, 0.3) is 0 Å². The first-order chi connectivity index (χ1) is 9.29. The summed E-state index contributed by atoms with van der Waals surface area (Å²) >= 11 is 1.96. The molecule has 0 aliphatic carbocycles. The Balaban J connectivity index is 1.93. The standard InChI is InChI=1S/C14H21N3OS/c1-2-6-15-13-10-11(3-7-16-13)14(18)17-12-4-8-19-9-5-12/h3,7,10,12H,2,4-6,8-9H2,1H3,(H,15,16)(H,17,18). The van der Waals surface area contributed by atoms with Crippen molar-refractivity contribution in [2.24, 2.45) is 0 Å². The van der Waals surface area contributed by atoms with E-state index in [0.717, 1.165) is 43.1 Å². The largest absolute Gasteiger partial charge is 0.370 e. The van der Waals surface area contributed by atoms with Crippen molar-refractivity contribution < 1.29 is 4.79 Å². The molecule has 2 rings (SSSR count). The van der Waals surface area contributed by atoms with Gasteiger partial charge in [0.25, 0.3) is 5.91 Å². The fourth-order valence-corrected chi connectivity index (χ4v) is 3.14. The molecule has 1 aliphatic rings. The second-order valence-electron chi connectivity index (χ2n) is 4.72. The molecule has 0 aromatic carbocycles. The van der Waals surface area contributed by atoms with Gasteiger partial charge in [-0.1, -0.05) is 6.92 Å². The summed E-state index contributed by atoms with van der Waals surface area (Å²) in [7, 11) is 0. The summed E-state index contributed by atoms with van der Waals surface area (Å²) in [6.45, 7) is 2.97. The van der Waals surface area contributed by atoms with Crippen molar-refractivity contribution in [1.29, 1.82) is 0 Å². The normalized spacial score (nSPS) is 16.1. The maximum Gasteiger partial charge on any atom is 0.251 e. The Kier molecular flexibility index (Phi) is 5.51. The van der Waals surface area contributed by atoms with Gasteiger partial charge in [-0.05, 0) is 42.9 Å². The summed E-state index contributed by atoms with van der Waals surface area (Å²) in [5, 5.41) is 6.31. The van der Waals surface area contributed by atoms with Crippen molar-refractivity contribution in [1.82, 2.24) is 10.3 Å². The van der Waals surface area contributed by atoms with Gasteiger partial charge in [0.15, 0.2) is 0 Å². The molecular weight excluding hydrogens is 258 g/mol. The molecule has 0 radical (unpaired) electrons. The van der Waals surface area contributed by atoms with Gasteiger partial charge in [0, 0.05) is 24.3 Å². The van der Waals surface area contributed by atoms with Crippen molar-refractivity contribution in [2.45, 2.75) is 32.2 Å². The topological polar surface area (TPSA) is 54.0 Å². The van der Waals surface area contributed by atoms with Crippen LogP contribution >= 0.6 is 11.8 Å². The highest BCUT2D eigenvalue weighted by Gasteiger charge is 2.17. The third-order valence-electron chi connectivity index (χ3n) is 3.13. The molecule has 5 heteroatoms. The average molecular weight is 279 g/mol. The molecule has 1 aromatic rings. The van der Waals surface area contributed by atoms with Gasteiger partial charge in [-0.3, -0.25) is 4.79 Å². The van der Waals surface area contributed by atoms with Crippen molar-refractivity contribution in [3.8, 4) is 0 Å². The quantitative estimate of drug-likeness (QED) is 0.869. The Hall–Kier alpha value is -1.23. The first-order valence-electron chi connectivity index (χ1n) is 6.88. The van der Waals surface area contributed by atoms with Gasteiger partial charge < -0.3 is 10.6 Å². The number of carbonyl (C=O) groups excluding carboxylic acids is 1. The highest BCUT2D eigenvalue weighted by molar-refractivity contribution is 7.99. The van der Waals surface area contributed by atoms with Gasteiger partial charge in [-0.25, -0.2) is 4.98 Å². The second-order valence-corrected chi connectivity index (χ2v) is 5.94.